The van der Waals surface area contributed by atoms with Gasteiger partial charge in [0, 0.05) is 0 Å². The van der Waals surface area contributed by atoms with E-state index in [0.717, 1.165) is 17.0 Å². The summed E-state index contributed by atoms with van der Waals surface area (Å²) in [5, 5.41) is 7.31. The Kier molecular flexibility index (Phi) is 4.85. The Morgan fingerprint density at radius 3 is 2.27 bits per heavy atom. The van der Waals surface area contributed by atoms with Crippen molar-refractivity contribution in [3.8, 4) is 22.5 Å². The van der Waals surface area contributed by atoms with Crippen LogP contribution in [0.4, 0.5) is 0 Å². The van der Waals surface area contributed by atoms with E-state index in [4.69, 9.17) is 10.1 Å². The first-order valence-electron chi connectivity index (χ1n) is 8.91. The Labute approximate surface area is 158 Å². The molecule has 0 aliphatic rings. The SMILES string of the molecule is CC[As](CC)c1cc(-c2ccncc2)cc2nc(-c3ccccc3)nn12. The monoisotopic (exact) mass is 404 g/mol. The van der Waals surface area contributed by atoms with Crippen molar-refractivity contribution < 1.29 is 0 Å². The van der Waals surface area contributed by atoms with Crippen molar-refractivity contribution >= 4 is 24.8 Å². The molecular formula is C21H21AsN4. The van der Waals surface area contributed by atoms with Gasteiger partial charge in [0.1, 0.15) is 0 Å². The summed E-state index contributed by atoms with van der Waals surface area (Å²) in [6.07, 6.45) is 3.68. The topological polar surface area (TPSA) is 43.1 Å². The number of aromatic nitrogens is 4. The Morgan fingerprint density at radius 2 is 1.58 bits per heavy atom. The first kappa shape index (κ1) is 17.0. The Morgan fingerprint density at radius 1 is 0.846 bits per heavy atom. The van der Waals surface area contributed by atoms with Crippen molar-refractivity contribution in [2.75, 3.05) is 0 Å². The molecule has 0 fully saturated rings. The fourth-order valence-electron chi connectivity index (χ4n) is 3.16. The van der Waals surface area contributed by atoms with E-state index in [2.05, 4.69) is 59.7 Å². The number of benzene rings is 1. The zero-order valence-corrected chi connectivity index (χ0v) is 16.9. The van der Waals surface area contributed by atoms with Crippen molar-refractivity contribution in [2.24, 2.45) is 0 Å². The molecule has 0 amide bonds. The zero-order valence-electron chi connectivity index (χ0n) is 15.0. The molecule has 4 nitrogen and oxygen atoms in total. The Hall–Kier alpha value is -2.45. The molecule has 3 heterocycles. The van der Waals surface area contributed by atoms with Gasteiger partial charge in [0.2, 0.25) is 0 Å². The molecule has 0 atom stereocenters. The molecule has 0 saturated heterocycles. The molecule has 0 saturated carbocycles. The van der Waals surface area contributed by atoms with Crippen LogP contribution in [0.15, 0.2) is 67.0 Å². The van der Waals surface area contributed by atoms with Gasteiger partial charge in [-0.1, -0.05) is 0 Å². The Balaban J connectivity index is 1.94. The number of pyridine rings is 2. The van der Waals surface area contributed by atoms with Gasteiger partial charge in [0.05, 0.1) is 0 Å². The first-order chi connectivity index (χ1) is 12.8. The molecule has 0 aliphatic heterocycles. The standard InChI is InChI=1S/C21H21AsN4/c1-3-22(4-2)19-14-18(16-10-12-23-13-11-16)15-20-24-21(25-26(19)20)17-8-6-5-7-9-17/h5-15H,3-4H2,1-2H3. The zero-order chi connectivity index (χ0) is 17.9. The van der Waals surface area contributed by atoms with Crippen LogP contribution >= 0.6 is 0 Å². The molecule has 26 heavy (non-hydrogen) atoms. The van der Waals surface area contributed by atoms with Gasteiger partial charge in [0.25, 0.3) is 0 Å². The van der Waals surface area contributed by atoms with Crippen LogP contribution in [0.2, 0.25) is 10.4 Å². The second-order valence-electron chi connectivity index (χ2n) is 6.08. The molecule has 5 heteroatoms. The van der Waals surface area contributed by atoms with Crippen molar-refractivity contribution in [3.63, 3.8) is 0 Å². The van der Waals surface area contributed by atoms with Gasteiger partial charge < -0.3 is 0 Å². The number of rotatable bonds is 5. The summed E-state index contributed by atoms with van der Waals surface area (Å²) in [5.74, 6) is 0.792. The van der Waals surface area contributed by atoms with E-state index in [1.807, 2.05) is 30.6 Å². The van der Waals surface area contributed by atoms with Crippen molar-refractivity contribution in [1.82, 2.24) is 19.6 Å². The summed E-state index contributed by atoms with van der Waals surface area (Å²) in [6.45, 7) is 4.59. The van der Waals surface area contributed by atoms with Gasteiger partial charge in [0.15, 0.2) is 0 Å². The van der Waals surface area contributed by atoms with Gasteiger partial charge in [-0.3, -0.25) is 0 Å². The van der Waals surface area contributed by atoms with E-state index < -0.39 is 14.7 Å². The van der Waals surface area contributed by atoms with Crippen LogP contribution in [0.1, 0.15) is 13.8 Å². The third kappa shape index (κ3) is 3.17. The minimum absolute atomic E-state index is 0.792. The summed E-state index contributed by atoms with van der Waals surface area (Å²) >= 11 is -1.16. The molecule has 0 unspecified atom stereocenters. The second-order valence-corrected chi connectivity index (χ2v) is 12.0. The molecule has 3 aromatic heterocycles. The molecule has 0 spiro atoms. The molecule has 1 aromatic carbocycles. The average molecular weight is 404 g/mol. The summed E-state index contributed by atoms with van der Waals surface area (Å²) in [5.41, 5.74) is 4.35. The number of nitrogens with zero attached hydrogens (tertiary/aromatic N) is 4. The first-order valence-corrected chi connectivity index (χ1v) is 12.5. The maximum atomic E-state index is 4.86. The van der Waals surface area contributed by atoms with Gasteiger partial charge in [-0.05, 0) is 0 Å². The van der Waals surface area contributed by atoms with Crippen LogP contribution in [0, 0.1) is 0 Å². The molecular weight excluding hydrogens is 383 g/mol. The van der Waals surface area contributed by atoms with E-state index in [1.165, 1.54) is 26.0 Å². The van der Waals surface area contributed by atoms with E-state index >= 15 is 0 Å². The third-order valence-corrected chi connectivity index (χ3v) is 9.78. The van der Waals surface area contributed by atoms with Crippen molar-refractivity contribution in [3.05, 3.63) is 67.0 Å². The predicted molar refractivity (Wildman–Crippen MR) is 108 cm³/mol. The normalized spacial score (nSPS) is 11.3. The summed E-state index contributed by atoms with van der Waals surface area (Å²) in [7, 11) is 0. The van der Waals surface area contributed by atoms with E-state index in [0.29, 0.717) is 0 Å². The molecule has 0 N–H and O–H groups in total. The van der Waals surface area contributed by atoms with Gasteiger partial charge in [-0.2, -0.15) is 0 Å². The summed E-state index contributed by atoms with van der Waals surface area (Å²) in [4.78, 5) is 8.98. The molecule has 130 valence electrons. The molecule has 0 bridgehead atoms. The number of hydrogen-bond donors (Lipinski definition) is 0. The fourth-order valence-corrected chi connectivity index (χ4v) is 7.00. The fraction of sp³-hybridized carbons (Fsp3) is 0.190. The minimum atomic E-state index is -1.16. The number of fused-ring (bicyclic) bond motifs is 1. The third-order valence-electron chi connectivity index (χ3n) is 4.55. The quantitative estimate of drug-likeness (QED) is 0.469. The van der Waals surface area contributed by atoms with Crippen molar-refractivity contribution in [1.29, 1.82) is 0 Å². The van der Waals surface area contributed by atoms with Crippen LogP contribution in [0.3, 0.4) is 0 Å². The van der Waals surface area contributed by atoms with Crippen LogP contribution in [-0.2, 0) is 0 Å². The molecule has 4 rings (SSSR count). The predicted octanol–water partition coefficient (Wildman–Crippen LogP) is 4.20. The van der Waals surface area contributed by atoms with E-state index in [9.17, 15) is 0 Å². The van der Waals surface area contributed by atoms with Crippen LogP contribution in [0.5, 0.6) is 0 Å². The maximum absolute atomic E-state index is 4.86. The average Bonchev–Trinajstić information content (AvgIpc) is 3.14. The molecule has 4 aromatic rings. The van der Waals surface area contributed by atoms with Gasteiger partial charge >= 0.3 is 158 Å². The van der Waals surface area contributed by atoms with Crippen LogP contribution in [-0.4, -0.2) is 34.2 Å². The van der Waals surface area contributed by atoms with E-state index in [1.54, 1.807) is 0 Å². The summed E-state index contributed by atoms with van der Waals surface area (Å²) in [6, 6.07) is 18.8. The van der Waals surface area contributed by atoms with Gasteiger partial charge in [-0.15, -0.1) is 0 Å². The molecule has 0 radical (unpaired) electrons. The van der Waals surface area contributed by atoms with Crippen LogP contribution < -0.4 is 4.48 Å². The second kappa shape index (κ2) is 7.43. The molecule has 0 aliphatic carbocycles. The number of hydrogen-bond acceptors (Lipinski definition) is 3. The summed E-state index contributed by atoms with van der Waals surface area (Å²) < 4.78 is 3.45. The Bertz CT molecular complexity index is 1010. The van der Waals surface area contributed by atoms with Gasteiger partial charge in [-0.25, -0.2) is 0 Å². The van der Waals surface area contributed by atoms with Crippen LogP contribution in [0.25, 0.3) is 28.2 Å². The van der Waals surface area contributed by atoms with E-state index in [-0.39, 0.29) is 0 Å². The van der Waals surface area contributed by atoms with Crippen molar-refractivity contribution in [2.45, 2.75) is 24.3 Å².